The van der Waals surface area contributed by atoms with Crippen molar-refractivity contribution in [3.63, 3.8) is 0 Å². The fraction of sp³-hybridized carbons (Fsp3) is 0.125. The minimum atomic E-state index is 0. The number of hydrogen-bond acceptors (Lipinski definition) is 0. The average Bonchev–Trinajstić information content (AvgIpc) is 2.69. The van der Waals surface area contributed by atoms with Crippen molar-refractivity contribution in [2.24, 2.45) is 0 Å². The summed E-state index contributed by atoms with van der Waals surface area (Å²) in [7, 11) is 0. The Kier molecular flexibility index (Phi) is 4.14. The molecule has 2 aromatic rings. The molecule has 1 aliphatic rings. The van der Waals surface area contributed by atoms with Crippen LogP contribution in [0.3, 0.4) is 0 Å². The van der Waals surface area contributed by atoms with E-state index in [0.717, 1.165) is 0 Å². The summed E-state index contributed by atoms with van der Waals surface area (Å²) in [4.78, 5) is 0. The molecule has 1 unspecified atom stereocenters. The first-order valence-electron chi connectivity index (χ1n) is 5.64. The molecule has 17 heavy (non-hydrogen) atoms. The van der Waals surface area contributed by atoms with Gasteiger partial charge in [0.05, 0.1) is 0 Å². The van der Waals surface area contributed by atoms with Gasteiger partial charge in [0.2, 0.25) is 0 Å². The van der Waals surface area contributed by atoms with E-state index < -0.39 is 0 Å². The van der Waals surface area contributed by atoms with Crippen LogP contribution >= 0.6 is 0 Å². The maximum atomic E-state index is 3.52. The van der Waals surface area contributed by atoms with Gasteiger partial charge in [-0.1, -0.05) is 48.9 Å². The van der Waals surface area contributed by atoms with Crippen LogP contribution in [-0.4, -0.2) is 0 Å². The summed E-state index contributed by atoms with van der Waals surface area (Å²) in [5, 5.41) is 0. The first kappa shape index (κ1) is 12.9. The van der Waals surface area contributed by atoms with Crippen molar-refractivity contribution >= 4 is 5.57 Å². The SMILES string of the molecule is CC1C(c2ccccc2)=[C-]c2ccccc21.[Gd]. The van der Waals surface area contributed by atoms with E-state index >= 15 is 0 Å². The second-order valence-corrected chi connectivity index (χ2v) is 4.21. The second-order valence-electron chi connectivity index (χ2n) is 4.21. The van der Waals surface area contributed by atoms with E-state index in [-0.39, 0.29) is 39.9 Å². The monoisotopic (exact) mass is 363 g/mol. The summed E-state index contributed by atoms with van der Waals surface area (Å²) in [6, 6.07) is 19.0. The summed E-state index contributed by atoms with van der Waals surface area (Å²) >= 11 is 0. The molecular formula is C16H13Gd-. The van der Waals surface area contributed by atoms with Crippen molar-refractivity contribution in [2.45, 2.75) is 12.8 Å². The van der Waals surface area contributed by atoms with Crippen LogP contribution in [0, 0.1) is 46.0 Å². The molecular weight excluding hydrogens is 349 g/mol. The van der Waals surface area contributed by atoms with Crippen molar-refractivity contribution in [2.75, 3.05) is 0 Å². The van der Waals surface area contributed by atoms with Crippen LogP contribution in [0.15, 0.2) is 54.6 Å². The summed E-state index contributed by atoms with van der Waals surface area (Å²) < 4.78 is 0. The first-order valence-corrected chi connectivity index (χ1v) is 5.64. The molecule has 86 valence electrons. The van der Waals surface area contributed by atoms with E-state index in [2.05, 4.69) is 67.6 Å². The molecule has 0 amide bonds. The molecule has 0 aromatic heterocycles. The molecule has 2 aromatic carbocycles. The molecule has 0 spiro atoms. The van der Waals surface area contributed by atoms with E-state index in [4.69, 9.17) is 0 Å². The molecule has 0 N–H and O–H groups in total. The minimum Gasteiger partial charge on any atom is -0.146 e. The van der Waals surface area contributed by atoms with Crippen molar-refractivity contribution in [1.82, 2.24) is 0 Å². The minimum absolute atomic E-state index is 0. The van der Waals surface area contributed by atoms with Gasteiger partial charge in [0.1, 0.15) is 0 Å². The Bertz CT molecular complexity index is 540. The third-order valence-corrected chi connectivity index (χ3v) is 3.21. The van der Waals surface area contributed by atoms with Crippen molar-refractivity contribution < 1.29 is 39.9 Å². The molecule has 0 bridgehead atoms. The smallest absolute Gasteiger partial charge is 0 e. The van der Waals surface area contributed by atoms with E-state index in [1.807, 2.05) is 0 Å². The summed E-state index contributed by atoms with van der Waals surface area (Å²) in [6.07, 6.45) is 3.52. The predicted octanol–water partition coefficient (Wildman–Crippen LogP) is 4.04. The van der Waals surface area contributed by atoms with Crippen LogP contribution < -0.4 is 0 Å². The molecule has 1 atom stereocenters. The van der Waals surface area contributed by atoms with E-state index in [0.29, 0.717) is 5.92 Å². The van der Waals surface area contributed by atoms with Crippen LogP contribution in [0.4, 0.5) is 0 Å². The third kappa shape index (κ3) is 2.38. The van der Waals surface area contributed by atoms with Crippen molar-refractivity contribution in [3.05, 3.63) is 77.4 Å². The van der Waals surface area contributed by atoms with Gasteiger partial charge in [-0.2, -0.15) is 0 Å². The van der Waals surface area contributed by atoms with Gasteiger partial charge in [-0.05, 0) is 5.92 Å². The number of rotatable bonds is 1. The van der Waals surface area contributed by atoms with Gasteiger partial charge in [0.15, 0.2) is 0 Å². The van der Waals surface area contributed by atoms with E-state index in [9.17, 15) is 0 Å². The zero-order valence-electron chi connectivity index (χ0n) is 9.63. The van der Waals surface area contributed by atoms with Crippen LogP contribution in [0.1, 0.15) is 29.5 Å². The van der Waals surface area contributed by atoms with Gasteiger partial charge in [0, 0.05) is 39.9 Å². The zero-order valence-corrected chi connectivity index (χ0v) is 11.9. The standard InChI is InChI=1S/C16H13.Gd/c1-12-15-10-6-5-9-14(15)11-16(12)13-7-3-2-4-8-13;/h2-10,12H,1H3;/q-1;. The quantitative estimate of drug-likeness (QED) is 0.672. The molecule has 3 rings (SSSR count). The van der Waals surface area contributed by atoms with E-state index in [1.165, 1.54) is 22.3 Å². The topological polar surface area (TPSA) is 0 Å². The second kappa shape index (κ2) is 5.43. The molecule has 0 saturated heterocycles. The first-order chi connectivity index (χ1) is 7.86. The Hall–Kier alpha value is -0.495. The summed E-state index contributed by atoms with van der Waals surface area (Å²) in [5.41, 5.74) is 5.23. The normalized spacial score (nSPS) is 17.0. The maximum Gasteiger partial charge on any atom is 0 e. The van der Waals surface area contributed by atoms with Gasteiger partial charge >= 0.3 is 0 Å². The predicted molar refractivity (Wildman–Crippen MR) is 67.1 cm³/mol. The maximum absolute atomic E-state index is 3.52. The molecule has 0 radical (unpaired) electrons. The number of fused-ring (bicyclic) bond motifs is 1. The Balaban J connectivity index is 0.00000108. The van der Waals surface area contributed by atoms with Crippen LogP contribution in [0.25, 0.3) is 5.57 Å². The van der Waals surface area contributed by atoms with Gasteiger partial charge < -0.3 is 0 Å². The molecule has 0 aliphatic heterocycles. The molecule has 0 fully saturated rings. The van der Waals surface area contributed by atoms with Crippen molar-refractivity contribution in [3.8, 4) is 0 Å². The van der Waals surface area contributed by atoms with Crippen LogP contribution in [-0.2, 0) is 0 Å². The van der Waals surface area contributed by atoms with Crippen LogP contribution in [0.2, 0.25) is 0 Å². The largest absolute Gasteiger partial charge is 0.146 e. The van der Waals surface area contributed by atoms with Gasteiger partial charge in [-0.25, -0.2) is 0 Å². The number of benzene rings is 2. The molecule has 0 nitrogen and oxygen atoms in total. The number of hydrogen-bond donors (Lipinski definition) is 0. The molecule has 1 heteroatoms. The Morgan fingerprint density at radius 3 is 2.24 bits per heavy atom. The molecule has 1 aliphatic carbocycles. The third-order valence-electron chi connectivity index (χ3n) is 3.21. The van der Waals surface area contributed by atoms with Gasteiger partial charge in [-0.15, -0.1) is 41.0 Å². The summed E-state index contributed by atoms with van der Waals surface area (Å²) in [5.74, 6) is 0.457. The fourth-order valence-electron chi connectivity index (χ4n) is 2.34. The molecule has 0 saturated carbocycles. The van der Waals surface area contributed by atoms with Crippen molar-refractivity contribution in [1.29, 1.82) is 0 Å². The Morgan fingerprint density at radius 1 is 0.882 bits per heavy atom. The summed E-state index contributed by atoms with van der Waals surface area (Å²) in [6.45, 7) is 2.25. The van der Waals surface area contributed by atoms with Gasteiger partial charge in [-0.3, -0.25) is 0 Å². The molecule has 0 heterocycles. The van der Waals surface area contributed by atoms with Crippen LogP contribution in [0.5, 0.6) is 0 Å². The average molecular weight is 363 g/mol. The Labute approximate surface area is 134 Å². The number of allylic oxidation sites excluding steroid dienone is 1. The van der Waals surface area contributed by atoms with Gasteiger partial charge in [0.25, 0.3) is 0 Å². The Morgan fingerprint density at radius 2 is 1.53 bits per heavy atom. The van der Waals surface area contributed by atoms with E-state index in [1.54, 1.807) is 0 Å². The zero-order chi connectivity index (χ0) is 11.0. The fourth-order valence-corrected chi connectivity index (χ4v) is 2.34.